The molecule has 0 saturated heterocycles. The Hall–Kier alpha value is -0.510. The van der Waals surface area contributed by atoms with Crippen molar-refractivity contribution >= 4 is 28.3 Å². The third-order valence-electron chi connectivity index (χ3n) is 4.21. The summed E-state index contributed by atoms with van der Waals surface area (Å²) in [5, 5.41) is 3.66. The number of allylic oxidation sites excluding steroid dienone is 2. The van der Waals surface area contributed by atoms with Gasteiger partial charge in [0.1, 0.15) is 0 Å². The van der Waals surface area contributed by atoms with Crippen LogP contribution in [-0.4, -0.2) is 6.04 Å². The maximum Gasteiger partial charge on any atom is 0.0343 e. The number of hydrogen-bond donors (Lipinski definition) is 1. The van der Waals surface area contributed by atoms with Gasteiger partial charge in [-0.05, 0) is 84.4 Å². The second-order valence-corrected chi connectivity index (χ2v) is 6.63. The average molecular weight is 339 g/mol. The molecule has 1 aromatic rings. The molecule has 1 saturated carbocycles. The fourth-order valence-electron chi connectivity index (χ4n) is 3.31. The van der Waals surface area contributed by atoms with Crippen molar-refractivity contribution in [2.24, 2.45) is 17.8 Å². The first-order valence-electron chi connectivity index (χ1n) is 6.43. The highest BCUT2D eigenvalue weighted by Crippen LogP contribution is 2.45. The van der Waals surface area contributed by atoms with Crippen LogP contribution in [0.4, 0.5) is 5.69 Å². The molecule has 4 atom stereocenters. The summed E-state index contributed by atoms with van der Waals surface area (Å²) in [7, 11) is 0. The van der Waals surface area contributed by atoms with E-state index in [2.05, 4.69) is 71.2 Å². The molecule has 2 bridgehead atoms. The molecule has 4 unspecified atom stereocenters. The lowest BCUT2D eigenvalue weighted by Crippen LogP contribution is -2.28. The summed E-state index contributed by atoms with van der Waals surface area (Å²) in [6, 6.07) is 9.27. The van der Waals surface area contributed by atoms with Crippen LogP contribution in [-0.2, 0) is 0 Å². The highest BCUT2D eigenvalue weighted by atomic mass is 127. The molecule has 0 aliphatic heterocycles. The lowest BCUT2D eigenvalue weighted by atomic mass is 9.87. The van der Waals surface area contributed by atoms with Crippen molar-refractivity contribution in [1.82, 2.24) is 0 Å². The van der Waals surface area contributed by atoms with Crippen LogP contribution < -0.4 is 5.32 Å². The van der Waals surface area contributed by atoms with Crippen LogP contribution in [0.3, 0.4) is 0 Å². The molecule has 0 amide bonds. The minimum absolute atomic E-state index is 0.579. The predicted molar refractivity (Wildman–Crippen MR) is 81.1 cm³/mol. The van der Waals surface area contributed by atoms with Gasteiger partial charge in [0.25, 0.3) is 0 Å². The molecule has 3 rings (SSSR count). The largest absolute Gasteiger partial charge is 0.382 e. The first-order valence-corrected chi connectivity index (χ1v) is 7.50. The second-order valence-electron chi connectivity index (χ2n) is 5.38. The predicted octanol–water partition coefficient (Wildman–Crippen LogP) is 4.30. The van der Waals surface area contributed by atoms with Crippen LogP contribution in [0.1, 0.15) is 19.8 Å². The van der Waals surface area contributed by atoms with Gasteiger partial charge in [0.2, 0.25) is 0 Å². The number of benzene rings is 1. The van der Waals surface area contributed by atoms with Crippen LogP contribution in [0.15, 0.2) is 36.4 Å². The molecular weight excluding hydrogens is 321 g/mol. The first kappa shape index (κ1) is 11.6. The van der Waals surface area contributed by atoms with Gasteiger partial charge >= 0.3 is 0 Å². The Balaban J connectivity index is 1.65. The van der Waals surface area contributed by atoms with E-state index < -0.39 is 0 Å². The molecule has 1 fully saturated rings. The topological polar surface area (TPSA) is 12.0 Å². The quantitative estimate of drug-likeness (QED) is 0.639. The van der Waals surface area contributed by atoms with Crippen molar-refractivity contribution in [1.29, 1.82) is 0 Å². The Morgan fingerprint density at radius 3 is 2.53 bits per heavy atom. The molecular formula is C15H18IN. The normalized spacial score (nSPS) is 31.8. The third-order valence-corrected chi connectivity index (χ3v) is 4.93. The number of anilines is 1. The monoisotopic (exact) mass is 339 g/mol. The van der Waals surface area contributed by atoms with Crippen molar-refractivity contribution in [3.8, 4) is 0 Å². The van der Waals surface area contributed by atoms with E-state index in [9.17, 15) is 0 Å². The molecule has 1 aromatic carbocycles. The third kappa shape index (κ3) is 2.37. The SMILES string of the molecule is CC(Nc1ccc(I)cc1)C1CC2C=CC1C2. The molecule has 0 spiro atoms. The van der Waals surface area contributed by atoms with Crippen LogP contribution in [0.25, 0.3) is 0 Å². The lowest BCUT2D eigenvalue weighted by molar-refractivity contribution is 0.400. The Morgan fingerprint density at radius 2 is 1.94 bits per heavy atom. The summed E-state index contributed by atoms with van der Waals surface area (Å²) >= 11 is 2.35. The molecule has 90 valence electrons. The molecule has 1 nitrogen and oxygen atoms in total. The number of hydrogen-bond acceptors (Lipinski definition) is 1. The minimum Gasteiger partial charge on any atom is -0.382 e. The Labute approximate surface area is 117 Å². The zero-order valence-corrected chi connectivity index (χ0v) is 12.2. The highest BCUT2D eigenvalue weighted by Gasteiger charge is 2.38. The van der Waals surface area contributed by atoms with Crippen molar-refractivity contribution in [2.75, 3.05) is 5.32 Å². The van der Waals surface area contributed by atoms with Crippen LogP contribution in [0.2, 0.25) is 0 Å². The van der Waals surface area contributed by atoms with Gasteiger partial charge in [0.15, 0.2) is 0 Å². The van der Waals surface area contributed by atoms with Gasteiger partial charge in [-0.25, -0.2) is 0 Å². The Morgan fingerprint density at radius 1 is 1.18 bits per heavy atom. The number of nitrogens with one attached hydrogen (secondary N) is 1. The molecule has 0 aromatic heterocycles. The van der Waals surface area contributed by atoms with E-state index in [-0.39, 0.29) is 0 Å². The van der Waals surface area contributed by atoms with Crippen LogP contribution >= 0.6 is 22.6 Å². The molecule has 2 aliphatic carbocycles. The minimum atomic E-state index is 0.579. The maximum atomic E-state index is 3.66. The van der Waals surface area contributed by atoms with E-state index in [4.69, 9.17) is 0 Å². The average Bonchev–Trinajstić information content (AvgIpc) is 2.94. The number of halogens is 1. The Bertz CT molecular complexity index is 423. The fraction of sp³-hybridized carbons (Fsp3) is 0.467. The van der Waals surface area contributed by atoms with E-state index in [0.29, 0.717) is 6.04 Å². The second kappa shape index (κ2) is 4.63. The summed E-state index contributed by atoms with van der Waals surface area (Å²) in [5.41, 5.74) is 1.25. The summed E-state index contributed by atoms with van der Waals surface area (Å²) in [6.07, 6.45) is 7.62. The van der Waals surface area contributed by atoms with Gasteiger partial charge < -0.3 is 5.32 Å². The molecule has 2 aliphatic rings. The molecule has 2 heteroatoms. The van der Waals surface area contributed by atoms with Gasteiger partial charge in [-0.3, -0.25) is 0 Å². The molecule has 17 heavy (non-hydrogen) atoms. The Kier molecular flexibility index (Phi) is 3.16. The van der Waals surface area contributed by atoms with Gasteiger partial charge in [-0.15, -0.1) is 0 Å². The van der Waals surface area contributed by atoms with E-state index in [1.165, 1.54) is 22.1 Å². The summed E-state index contributed by atoms with van der Waals surface area (Å²) in [6.45, 7) is 2.33. The van der Waals surface area contributed by atoms with Gasteiger partial charge in [0.05, 0.1) is 0 Å². The first-order chi connectivity index (χ1) is 8.22. The van der Waals surface area contributed by atoms with Gasteiger partial charge in [-0.1, -0.05) is 12.2 Å². The van der Waals surface area contributed by atoms with Crippen LogP contribution in [0, 0.1) is 21.3 Å². The summed E-state index contributed by atoms with van der Waals surface area (Å²) in [5.74, 6) is 2.52. The van der Waals surface area contributed by atoms with Crippen molar-refractivity contribution in [3.05, 3.63) is 40.0 Å². The molecule has 1 N–H and O–H groups in total. The van der Waals surface area contributed by atoms with E-state index >= 15 is 0 Å². The van der Waals surface area contributed by atoms with E-state index in [1.54, 1.807) is 0 Å². The van der Waals surface area contributed by atoms with Crippen molar-refractivity contribution in [2.45, 2.75) is 25.8 Å². The lowest BCUT2D eigenvalue weighted by Gasteiger charge is -2.27. The molecule has 0 heterocycles. The van der Waals surface area contributed by atoms with Gasteiger partial charge in [-0.2, -0.15) is 0 Å². The van der Waals surface area contributed by atoms with Gasteiger partial charge in [0, 0.05) is 15.3 Å². The highest BCUT2D eigenvalue weighted by molar-refractivity contribution is 14.1. The number of rotatable bonds is 3. The van der Waals surface area contributed by atoms with Crippen LogP contribution in [0.5, 0.6) is 0 Å². The van der Waals surface area contributed by atoms with Crippen molar-refractivity contribution < 1.29 is 0 Å². The zero-order valence-electron chi connectivity index (χ0n) is 10.1. The standard InChI is InChI=1S/C15H18IN/c1-10(15-9-11-2-3-12(15)8-11)17-14-6-4-13(16)5-7-14/h2-7,10-12,15,17H,8-9H2,1H3. The van der Waals surface area contributed by atoms with E-state index in [0.717, 1.165) is 17.8 Å². The number of fused-ring (bicyclic) bond motifs is 2. The van der Waals surface area contributed by atoms with Crippen molar-refractivity contribution in [3.63, 3.8) is 0 Å². The smallest absolute Gasteiger partial charge is 0.0343 e. The maximum absolute atomic E-state index is 3.66. The summed E-state index contributed by atoms with van der Waals surface area (Å²) < 4.78 is 1.30. The summed E-state index contributed by atoms with van der Waals surface area (Å²) in [4.78, 5) is 0. The zero-order chi connectivity index (χ0) is 11.8. The van der Waals surface area contributed by atoms with E-state index in [1.807, 2.05) is 0 Å². The molecule has 0 radical (unpaired) electrons. The fourth-order valence-corrected chi connectivity index (χ4v) is 3.67.